The van der Waals surface area contributed by atoms with Crippen LogP contribution in [-0.4, -0.2) is 27.1 Å². The Kier molecular flexibility index (Phi) is 6.05. The molecule has 0 fully saturated rings. The normalized spacial score (nSPS) is 11.6. The summed E-state index contributed by atoms with van der Waals surface area (Å²) >= 11 is 1.21. The van der Waals surface area contributed by atoms with E-state index in [2.05, 4.69) is 10.2 Å². The zero-order valence-corrected chi connectivity index (χ0v) is 19.8. The number of hydrogen-bond acceptors (Lipinski definition) is 8. The van der Waals surface area contributed by atoms with Gasteiger partial charge in [-0.15, -0.1) is 16.2 Å². The number of oxazole rings is 1. The number of nitroso groups, excluding NO2 is 1. The number of thiophene rings is 1. The lowest BCUT2D eigenvalue weighted by molar-refractivity contribution is -0.125. The molecular formula is C23H22N4O6S. The maximum atomic E-state index is 13.6. The van der Waals surface area contributed by atoms with Crippen LogP contribution in [0.4, 0.5) is 0 Å². The SMILES string of the molecule is COc1ccccc1CCn1c(=O)n(C(C)(C)C(=O)N=O)c(=O)c2c(C)c(-c3ncco3)sc21. The van der Waals surface area contributed by atoms with Crippen LogP contribution in [0.15, 0.2) is 55.9 Å². The number of carbonyl (C=O) groups excluding carboxylic acids is 1. The highest BCUT2D eigenvalue weighted by Crippen LogP contribution is 2.36. The molecule has 4 aromatic rings. The molecule has 0 saturated heterocycles. The van der Waals surface area contributed by atoms with Crippen LogP contribution < -0.4 is 16.0 Å². The first-order valence-electron chi connectivity index (χ1n) is 10.4. The minimum Gasteiger partial charge on any atom is -0.496 e. The lowest BCUT2D eigenvalue weighted by Gasteiger charge is -2.23. The van der Waals surface area contributed by atoms with Crippen molar-refractivity contribution < 1.29 is 13.9 Å². The smallest absolute Gasteiger partial charge is 0.333 e. The van der Waals surface area contributed by atoms with Crippen LogP contribution in [0.5, 0.6) is 5.75 Å². The third-order valence-corrected chi connectivity index (χ3v) is 7.10. The van der Waals surface area contributed by atoms with Gasteiger partial charge < -0.3 is 9.15 Å². The number of amides is 1. The van der Waals surface area contributed by atoms with Gasteiger partial charge in [0.25, 0.3) is 5.56 Å². The standard InChI is InChI=1S/C23H22N4O6S/c1-13-16-19(28)27(23(2,3)21(29)25-31)22(30)26(11-9-14-7-5-6-8-15(14)32-4)20(16)34-17(13)18-24-10-12-33-18/h5-8,10,12H,9,11H2,1-4H3. The quantitative estimate of drug-likeness (QED) is 0.369. The van der Waals surface area contributed by atoms with Crippen molar-refractivity contribution in [3.05, 3.63) is 73.6 Å². The van der Waals surface area contributed by atoms with Crippen molar-refractivity contribution >= 4 is 27.5 Å². The van der Waals surface area contributed by atoms with Crippen molar-refractivity contribution in [1.29, 1.82) is 0 Å². The minimum atomic E-state index is -1.77. The molecule has 0 atom stereocenters. The van der Waals surface area contributed by atoms with E-state index in [1.807, 2.05) is 24.3 Å². The molecule has 0 unspecified atom stereocenters. The number of nitrogens with zero attached hydrogens (tertiary/aromatic N) is 4. The van der Waals surface area contributed by atoms with Gasteiger partial charge in [0.2, 0.25) is 5.89 Å². The number of benzene rings is 1. The van der Waals surface area contributed by atoms with Crippen molar-refractivity contribution in [2.45, 2.75) is 39.3 Å². The van der Waals surface area contributed by atoms with E-state index < -0.39 is 22.7 Å². The zero-order valence-electron chi connectivity index (χ0n) is 19.0. The van der Waals surface area contributed by atoms with E-state index in [4.69, 9.17) is 9.15 Å². The molecule has 11 heteroatoms. The Hall–Kier alpha value is -3.86. The van der Waals surface area contributed by atoms with Gasteiger partial charge in [-0.2, -0.15) is 0 Å². The van der Waals surface area contributed by atoms with Crippen LogP contribution in [0, 0.1) is 11.8 Å². The van der Waals surface area contributed by atoms with Crippen molar-refractivity contribution in [1.82, 2.24) is 14.1 Å². The number of fused-ring (bicyclic) bond motifs is 1. The summed E-state index contributed by atoms with van der Waals surface area (Å²) in [5.74, 6) is -0.134. The molecule has 0 bridgehead atoms. The second kappa shape index (κ2) is 8.82. The van der Waals surface area contributed by atoms with E-state index >= 15 is 0 Å². The molecule has 4 rings (SSSR count). The first-order valence-corrected chi connectivity index (χ1v) is 11.2. The van der Waals surface area contributed by atoms with Gasteiger partial charge >= 0.3 is 11.6 Å². The molecule has 34 heavy (non-hydrogen) atoms. The van der Waals surface area contributed by atoms with Crippen molar-refractivity contribution in [3.63, 3.8) is 0 Å². The van der Waals surface area contributed by atoms with Gasteiger partial charge in [-0.05, 0) is 44.4 Å². The van der Waals surface area contributed by atoms with Crippen LogP contribution >= 0.6 is 11.3 Å². The molecule has 0 aliphatic heterocycles. The molecule has 10 nitrogen and oxygen atoms in total. The van der Waals surface area contributed by atoms with Gasteiger partial charge in [-0.25, -0.2) is 14.3 Å². The van der Waals surface area contributed by atoms with Crippen molar-refractivity contribution in [2.75, 3.05) is 7.11 Å². The van der Waals surface area contributed by atoms with Gasteiger partial charge in [-0.3, -0.25) is 14.2 Å². The monoisotopic (exact) mass is 482 g/mol. The molecule has 3 heterocycles. The first kappa shape index (κ1) is 23.3. The fourth-order valence-corrected chi connectivity index (χ4v) is 5.18. The summed E-state index contributed by atoms with van der Waals surface area (Å²) in [5, 5.41) is 2.73. The van der Waals surface area contributed by atoms with Crippen molar-refractivity contribution in [2.24, 2.45) is 5.18 Å². The van der Waals surface area contributed by atoms with E-state index in [-0.39, 0.29) is 11.9 Å². The Morgan fingerprint density at radius 3 is 2.65 bits per heavy atom. The maximum Gasteiger partial charge on any atom is 0.333 e. The fraction of sp³-hybridized carbons (Fsp3) is 0.304. The third-order valence-electron chi connectivity index (χ3n) is 5.80. The number of carbonyl (C=O) groups is 1. The molecule has 0 aliphatic carbocycles. The van der Waals surface area contributed by atoms with Gasteiger partial charge in [0.05, 0.1) is 23.6 Å². The van der Waals surface area contributed by atoms with Crippen LogP contribution in [0.2, 0.25) is 0 Å². The lowest BCUT2D eigenvalue weighted by atomic mass is 10.0. The average molecular weight is 483 g/mol. The first-order chi connectivity index (χ1) is 16.2. The maximum absolute atomic E-state index is 13.6. The molecule has 176 valence electrons. The second-order valence-electron chi connectivity index (χ2n) is 8.17. The summed E-state index contributed by atoms with van der Waals surface area (Å²) < 4.78 is 13.1. The Balaban J connectivity index is 2.00. The van der Waals surface area contributed by atoms with E-state index in [0.717, 1.165) is 10.1 Å². The Morgan fingerprint density at radius 2 is 2.00 bits per heavy atom. The topological polar surface area (TPSA) is 126 Å². The Labute approximate surface area is 197 Å². The molecule has 0 spiro atoms. The van der Waals surface area contributed by atoms with Gasteiger partial charge in [0.15, 0.2) is 0 Å². The molecule has 1 amide bonds. The van der Waals surface area contributed by atoms with Crippen LogP contribution in [0.3, 0.4) is 0 Å². The number of ether oxygens (including phenoxy) is 1. The summed E-state index contributed by atoms with van der Waals surface area (Å²) in [6, 6.07) is 7.42. The highest BCUT2D eigenvalue weighted by molar-refractivity contribution is 7.22. The summed E-state index contributed by atoms with van der Waals surface area (Å²) in [7, 11) is 1.56. The predicted octanol–water partition coefficient (Wildman–Crippen LogP) is 3.47. The van der Waals surface area contributed by atoms with Crippen LogP contribution in [-0.2, 0) is 23.3 Å². The van der Waals surface area contributed by atoms with Gasteiger partial charge in [0, 0.05) is 11.7 Å². The molecule has 0 aliphatic rings. The summed E-state index contributed by atoms with van der Waals surface area (Å²) in [6.07, 6.45) is 3.33. The fourth-order valence-electron chi connectivity index (χ4n) is 3.93. The largest absolute Gasteiger partial charge is 0.496 e. The van der Waals surface area contributed by atoms with E-state index in [1.54, 1.807) is 14.0 Å². The zero-order chi connectivity index (χ0) is 24.6. The number of hydrogen-bond donors (Lipinski definition) is 0. The number of aryl methyl sites for hydroxylation is 3. The number of rotatable bonds is 7. The summed E-state index contributed by atoms with van der Waals surface area (Å²) in [6.45, 7) is 4.57. The van der Waals surface area contributed by atoms with E-state index in [0.29, 0.717) is 33.3 Å². The van der Waals surface area contributed by atoms with Crippen LogP contribution in [0.25, 0.3) is 21.0 Å². The average Bonchev–Trinajstić information content (AvgIpc) is 3.46. The molecule has 0 N–H and O–H groups in total. The van der Waals surface area contributed by atoms with Gasteiger partial charge in [-0.1, -0.05) is 18.2 Å². The van der Waals surface area contributed by atoms with E-state index in [1.165, 1.54) is 42.2 Å². The molecule has 1 aromatic carbocycles. The second-order valence-corrected chi connectivity index (χ2v) is 9.16. The Morgan fingerprint density at radius 1 is 1.26 bits per heavy atom. The number of methoxy groups -OCH3 is 1. The molecular weight excluding hydrogens is 460 g/mol. The highest BCUT2D eigenvalue weighted by Gasteiger charge is 2.36. The molecule has 3 aromatic heterocycles. The number of aromatic nitrogens is 3. The van der Waals surface area contributed by atoms with E-state index in [9.17, 15) is 19.3 Å². The summed E-state index contributed by atoms with van der Waals surface area (Å²) in [5.41, 5.74) is -1.73. The molecule has 0 saturated carbocycles. The predicted molar refractivity (Wildman–Crippen MR) is 127 cm³/mol. The lowest BCUT2D eigenvalue weighted by Crippen LogP contribution is -2.52. The Bertz CT molecular complexity index is 1510. The number of para-hydroxylation sites is 1. The highest BCUT2D eigenvalue weighted by atomic mass is 32.1. The van der Waals surface area contributed by atoms with Crippen LogP contribution in [0.1, 0.15) is 25.0 Å². The van der Waals surface area contributed by atoms with Crippen molar-refractivity contribution in [3.8, 4) is 16.5 Å². The minimum absolute atomic E-state index is 0.194. The third kappa shape index (κ3) is 3.67. The molecule has 0 radical (unpaired) electrons. The van der Waals surface area contributed by atoms with Gasteiger partial charge in [0.1, 0.15) is 22.4 Å². The summed E-state index contributed by atoms with van der Waals surface area (Å²) in [4.78, 5) is 55.7.